The van der Waals surface area contributed by atoms with Crippen LogP contribution in [0.3, 0.4) is 0 Å². The molecule has 37 heavy (non-hydrogen) atoms. The fourth-order valence-corrected chi connectivity index (χ4v) is 6.93. The number of benzene rings is 1. The Balaban J connectivity index is 1.60. The van der Waals surface area contributed by atoms with E-state index in [2.05, 4.69) is 0 Å². The van der Waals surface area contributed by atoms with E-state index in [0.717, 1.165) is 6.07 Å². The Labute approximate surface area is 210 Å². The van der Waals surface area contributed by atoms with Crippen LogP contribution in [0.25, 0.3) is 0 Å². The summed E-state index contributed by atoms with van der Waals surface area (Å²) in [6.07, 6.45) is -9.54. The smallest absolute Gasteiger partial charge is 0.435 e. The minimum atomic E-state index is -6.17. The number of likely N-dealkylation sites (tertiary alicyclic amines) is 1. The van der Waals surface area contributed by atoms with Gasteiger partial charge in [-0.15, -0.1) is 0 Å². The lowest BCUT2D eigenvalue weighted by molar-refractivity contribution is -0.348. The van der Waals surface area contributed by atoms with Gasteiger partial charge in [0.05, 0.1) is 5.92 Å². The summed E-state index contributed by atoms with van der Waals surface area (Å²) >= 11 is 0. The van der Waals surface area contributed by atoms with Gasteiger partial charge in [-0.2, -0.15) is 26.3 Å². The maximum absolute atomic E-state index is 14.6. The molecule has 1 aromatic carbocycles. The van der Waals surface area contributed by atoms with Crippen molar-refractivity contribution in [1.82, 2.24) is 4.90 Å². The van der Waals surface area contributed by atoms with E-state index in [-0.39, 0.29) is 35.8 Å². The topological polar surface area (TPSA) is 57.6 Å². The highest BCUT2D eigenvalue weighted by Crippen LogP contribution is 2.55. The van der Waals surface area contributed by atoms with Gasteiger partial charge in [0.1, 0.15) is 0 Å². The normalized spacial score (nSPS) is 30.6. The number of aliphatic carboxylic acids is 1. The van der Waals surface area contributed by atoms with E-state index in [9.17, 15) is 45.4 Å². The zero-order chi connectivity index (χ0) is 27.6. The molecule has 4 nitrogen and oxygen atoms in total. The minimum Gasteiger partial charge on any atom is -0.481 e. The second-order valence-corrected chi connectivity index (χ2v) is 10.9. The second-order valence-electron chi connectivity index (χ2n) is 10.9. The molecule has 1 amide bonds. The van der Waals surface area contributed by atoms with Crippen LogP contribution in [0.4, 0.5) is 30.7 Å². The van der Waals surface area contributed by atoms with Crippen LogP contribution in [0.15, 0.2) is 18.2 Å². The number of alkyl halides is 7. The Kier molecular flexibility index (Phi) is 6.85. The van der Waals surface area contributed by atoms with Crippen molar-refractivity contribution in [3.05, 3.63) is 34.9 Å². The number of carboxylic acids is 1. The first-order valence-corrected chi connectivity index (χ1v) is 12.6. The largest absolute Gasteiger partial charge is 0.481 e. The number of hydrogen-bond acceptors (Lipinski definition) is 2. The van der Waals surface area contributed by atoms with Gasteiger partial charge in [0, 0.05) is 29.5 Å². The summed E-state index contributed by atoms with van der Waals surface area (Å²) in [5, 5.41) is 9.46. The third-order valence-corrected chi connectivity index (χ3v) is 9.02. The summed E-state index contributed by atoms with van der Waals surface area (Å²) in [5.74, 6) is -1.89. The van der Waals surface area contributed by atoms with Crippen LogP contribution in [0.2, 0.25) is 0 Å². The Hall–Kier alpha value is -2.33. The summed E-state index contributed by atoms with van der Waals surface area (Å²) in [5.41, 5.74) is -6.86. The maximum atomic E-state index is 14.6. The van der Waals surface area contributed by atoms with Crippen LogP contribution in [0, 0.1) is 17.3 Å². The van der Waals surface area contributed by atoms with E-state index in [0.29, 0.717) is 62.8 Å². The standard InChI is InChI=1S/C26H30F7NO3/c1-3-23(10-8-17(21(35)36)14(2)13-23)22(37)34-11-9-19-18-6-5-16(12-15(18)4-7-20(19)34)24(27,25(28,29)30)26(31,32)33/h5-6,12,14,17,19-20H,3-4,7-11,13H2,1-2H3,(H,35,36)/t14-,17-,19+,20-,23+/m1/s1. The monoisotopic (exact) mass is 537 g/mol. The van der Waals surface area contributed by atoms with Gasteiger partial charge in [0.2, 0.25) is 5.91 Å². The average Bonchev–Trinajstić information content (AvgIpc) is 3.25. The number of hydrogen-bond donors (Lipinski definition) is 1. The molecule has 1 heterocycles. The van der Waals surface area contributed by atoms with Crippen molar-refractivity contribution >= 4 is 11.9 Å². The number of carbonyl (C=O) groups is 2. The van der Waals surface area contributed by atoms with Crippen molar-refractivity contribution in [2.24, 2.45) is 17.3 Å². The van der Waals surface area contributed by atoms with Gasteiger partial charge >= 0.3 is 24.0 Å². The third kappa shape index (κ3) is 4.30. The molecular weight excluding hydrogens is 507 g/mol. The SMILES string of the molecule is CC[C@]1(C(=O)N2CC[C@H]3c4ccc(C(F)(C(F)(F)F)C(F)(F)F)cc4CC[C@H]32)CC[C@@H](C(=O)O)[C@H](C)C1. The van der Waals surface area contributed by atoms with Gasteiger partial charge in [-0.25, -0.2) is 4.39 Å². The predicted octanol–water partition coefficient (Wildman–Crippen LogP) is 6.52. The van der Waals surface area contributed by atoms with Crippen LogP contribution in [0.1, 0.15) is 75.0 Å². The molecule has 206 valence electrons. The van der Waals surface area contributed by atoms with Crippen LogP contribution in [-0.4, -0.2) is 46.8 Å². The van der Waals surface area contributed by atoms with Gasteiger partial charge in [-0.1, -0.05) is 32.0 Å². The molecule has 0 radical (unpaired) electrons. The first-order valence-electron chi connectivity index (χ1n) is 12.6. The summed E-state index contributed by atoms with van der Waals surface area (Å²) in [6.45, 7) is 4.14. The Morgan fingerprint density at radius 1 is 1.05 bits per heavy atom. The molecule has 0 aromatic heterocycles. The third-order valence-electron chi connectivity index (χ3n) is 9.02. The number of nitrogens with zero attached hydrogens (tertiary/aromatic N) is 1. The lowest BCUT2D eigenvalue weighted by Crippen LogP contribution is -2.51. The number of carbonyl (C=O) groups excluding carboxylic acids is 1. The first-order chi connectivity index (χ1) is 17.1. The molecule has 1 aliphatic heterocycles. The molecule has 4 rings (SSSR count). The van der Waals surface area contributed by atoms with Crippen LogP contribution >= 0.6 is 0 Å². The molecule has 1 N–H and O–H groups in total. The fraction of sp³-hybridized carbons (Fsp3) is 0.692. The zero-order valence-corrected chi connectivity index (χ0v) is 20.6. The van der Waals surface area contributed by atoms with Gasteiger partial charge in [-0.3, -0.25) is 9.59 Å². The van der Waals surface area contributed by atoms with E-state index in [1.807, 2.05) is 13.8 Å². The van der Waals surface area contributed by atoms with E-state index in [1.165, 1.54) is 0 Å². The van der Waals surface area contributed by atoms with Crippen LogP contribution < -0.4 is 0 Å². The summed E-state index contributed by atoms with van der Waals surface area (Å²) < 4.78 is 94.1. The van der Waals surface area contributed by atoms with Crippen molar-refractivity contribution in [3.8, 4) is 0 Å². The molecule has 0 unspecified atom stereocenters. The van der Waals surface area contributed by atoms with Crippen LogP contribution in [-0.2, 0) is 21.7 Å². The number of fused-ring (bicyclic) bond motifs is 3. The predicted molar refractivity (Wildman–Crippen MR) is 119 cm³/mol. The van der Waals surface area contributed by atoms with Gasteiger partial charge in [0.25, 0.3) is 0 Å². The number of aryl methyl sites for hydroxylation is 1. The Bertz CT molecular complexity index is 1060. The zero-order valence-electron chi connectivity index (χ0n) is 20.6. The van der Waals surface area contributed by atoms with Crippen molar-refractivity contribution in [2.75, 3.05) is 6.54 Å². The van der Waals surface area contributed by atoms with E-state index < -0.39 is 40.9 Å². The van der Waals surface area contributed by atoms with E-state index in [1.54, 1.807) is 4.90 Å². The van der Waals surface area contributed by atoms with Crippen molar-refractivity contribution in [2.45, 2.75) is 88.8 Å². The molecule has 2 aliphatic carbocycles. The van der Waals surface area contributed by atoms with Crippen molar-refractivity contribution in [3.63, 3.8) is 0 Å². The molecule has 5 atom stereocenters. The van der Waals surface area contributed by atoms with Gasteiger partial charge in [-0.05, 0) is 62.0 Å². The molecular formula is C26H30F7NO3. The first kappa shape index (κ1) is 27.7. The highest BCUT2D eigenvalue weighted by molar-refractivity contribution is 5.84. The molecule has 1 saturated heterocycles. The quantitative estimate of drug-likeness (QED) is 0.445. The number of amides is 1. The molecule has 11 heteroatoms. The Morgan fingerprint density at radius 2 is 1.70 bits per heavy atom. The molecule has 0 bridgehead atoms. The lowest BCUT2D eigenvalue weighted by atomic mass is 9.63. The number of halogens is 7. The molecule has 0 spiro atoms. The summed E-state index contributed by atoms with van der Waals surface area (Å²) in [7, 11) is 0. The van der Waals surface area contributed by atoms with Gasteiger partial charge < -0.3 is 10.0 Å². The highest BCUT2D eigenvalue weighted by Gasteiger charge is 2.73. The van der Waals surface area contributed by atoms with Crippen molar-refractivity contribution in [1.29, 1.82) is 0 Å². The average molecular weight is 538 g/mol. The number of carboxylic acid groups (broad SMARTS) is 1. The molecule has 3 aliphatic rings. The van der Waals surface area contributed by atoms with E-state index in [4.69, 9.17) is 0 Å². The second kappa shape index (κ2) is 9.15. The number of rotatable bonds is 4. The Morgan fingerprint density at radius 3 is 2.24 bits per heavy atom. The maximum Gasteiger partial charge on any atom is 0.435 e. The minimum absolute atomic E-state index is 0.0600. The highest BCUT2D eigenvalue weighted by atomic mass is 19.4. The van der Waals surface area contributed by atoms with E-state index >= 15 is 0 Å². The summed E-state index contributed by atoms with van der Waals surface area (Å²) in [6, 6.07) is 2.13. The molecule has 1 saturated carbocycles. The van der Waals surface area contributed by atoms with Gasteiger partial charge in [0.15, 0.2) is 0 Å². The molecule has 2 fully saturated rings. The van der Waals surface area contributed by atoms with Crippen molar-refractivity contribution < 1.29 is 45.4 Å². The lowest BCUT2D eigenvalue weighted by Gasteiger charge is -2.45. The summed E-state index contributed by atoms with van der Waals surface area (Å²) in [4.78, 5) is 27.2. The van der Waals surface area contributed by atoms with Crippen LogP contribution in [0.5, 0.6) is 0 Å². The fourth-order valence-electron chi connectivity index (χ4n) is 6.93. The molecule has 1 aromatic rings.